The maximum atomic E-state index is 11.5. The normalized spacial score (nSPS) is 10.1. The lowest BCUT2D eigenvalue weighted by atomic mass is 10.2. The van der Waals surface area contributed by atoms with Gasteiger partial charge in [0.25, 0.3) is 5.91 Å². The average Bonchev–Trinajstić information content (AvgIpc) is 2.29. The minimum absolute atomic E-state index is 0.00263. The monoisotopic (exact) mass is 241 g/mol. The quantitative estimate of drug-likeness (QED) is 0.508. The van der Waals surface area contributed by atoms with Gasteiger partial charge in [0, 0.05) is 17.0 Å². The molecular formula is C11H15NO3S. The Bertz CT molecular complexity index is 327. The molecule has 0 unspecified atom stereocenters. The van der Waals surface area contributed by atoms with E-state index in [0.29, 0.717) is 25.3 Å². The summed E-state index contributed by atoms with van der Waals surface area (Å²) in [5.74, 6) is -0.138. The third kappa shape index (κ3) is 4.65. The van der Waals surface area contributed by atoms with Crippen LogP contribution in [0.15, 0.2) is 29.2 Å². The molecule has 1 amide bonds. The number of carbonyl (C=O) groups is 1. The van der Waals surface area contributed by atoms with Gasteiger partial charge >= 0.3 is 0 Å². The van der Waals surface area contributed by atoms with E-state index in [0.717, 1.165) is 4.90 Å². The maximum absolute atomic E-state index is 11.5. The van der Waals surface area contributed by atoms with Crippen LogP contribution in [0.25, 0.3) is 0 Å². The highest BCUT2D eigenvalue weighted by Gasteiger charge is 2.03. The Hall–Kier alpha value is -1.04. The van der Waals surface area contributed by atoms with Crippen molar-refractivity contribution < 1.29 is 14.6 Å². The van der Waals surface area contributed by atoms with Crippen LogP contribution in [0.5, 0.6) is 0 Å². The molecule has 5 heteroatoms. The van der Waals surface area contributed by atoms with E-state index in [1.165, 1.54) is 0 Å². The third-order valence-corrected chi connectivity index (χ3v) is 2.20. The fraction of sp³-hybridized carbons (Fsp3) is 0.364. The molecule has 0 bridgehead atoms. The molecule has 1 aromatic rings. The van der Waals surface area contributed by atoms with Gasteiger partial charge in [-0.3, -0.25) is 4.79 Å². The molecule has 0 fully saturated rings. The molecule has 0 spiro atoms. The Kier molecular flexibility index (Phi) is 5.92. The summed E-state index contributed by atoms with van der Waals surface area (Å²) in [5, 5.41) is 11.2. The van der Waals surface area contributed by atoms with E-state index in [1.54, 1.807) is 24.3 Å². The number of amides is 1. The van der Waals surface area contributed by atoms with Gasteiger partial charge in [0.15, 0.2) is 0 Å². The highest BCUT2D eigenvalue weighted by Crippen LogP contribution is 2.07. The summed E-state index contributed by atoms with van der Waals surface area (Å²) in [6.45, 7) is 1.12. The lowest BCUT2D eigenvalue weighted by molar-refractivity contribution is 0.0838. The van der Waals surface area contributed by atoms with Crippen molar-refractivity contribution in [1.82, 2.24) is 5.32 Å². The fourth-order valence-corrected chi connectivity index (χ4v) is 1.27. The molecule has 0 heterocycles. The first kappa shape index (κ1) is 13.0. The average molecular weight is 241 g/mol. The zero-order valence-electron chi connectivity index (χ0n) is 8.85. The van der Waals surface area contributed by atoms with Gasteiger partial charge < -0.3 is 15.2 Å². The van der Waals surface area contributed by atoms with Gasteiger partial charge in [-0.05, 0) is 24.3 Å². The van der Waals surface area contributed by atoms with Gasteiger partial charge in [-0.1, -0.05) is 0 Å². The van der Waals surface area contributed by atoms with Crippen LogP contribution < -0.4 is 5.32 Å². The molecule has 4 nitrogen and oxygen atoms in total. The van der Waals surface area contributed by atoms with Crippen molar-refractivity contribution >= 4 is 18.5 Å². The number of ether oxygens (including phenoxy) is 1. The smallest absolute Gasteiger partial charge is 0.251 e. The number of aliphatic hydroxyl groups is 1. The Labute approximate surface area is 100 Å². The number of rotatable bonds is 6. The highest BCUT2D eigenvalue weighted by atomic mass is 32.1. The fourth-order valence-electron chi connectivity index (χ4n) is 1.12. The summed E-state index contributed by atoms with van der Waals surface area (Å²) in [6.07, 6.45) is 0. The predicted molar refractivity (Wildman–Crippen MR) is 63.9 cm³/mol. The number of benzene rings is 1. The summed E-state index contributed by atoms with van der Waals surface area (Å²) in [4.78, 5) is 12.4. The van der Waals surface area contributed by atoms with E-state index in [-0.39, 0.29) is 12.5 Å². The molecule has 0 radical (unpaired) electrons. The number of thiol groups is 1. The topological polar surface area (TPSA) is 58.6 Å². The van der Waals surface area contributed by atoms with Crippen molar-refractivity contribution in [1.29, 1.82) is 0 Å². The van der Waals surface area contributed by atoms with Gasteiger partial charge in [0.05, 0.1) is 19.8 Å². The Morgan fingerprint density at radius 1 is 1.31 bits per heavy atom. The Balaban J connectivity index is 2.27. The van der Waals surface area contributed by atoms with Crippen LogP contribution in [0.2, 0.25) is 0 Å². The lowest BCUT2D eigenvalue weighted by Crippen LogP contribution is -2.27. The van der Waals surface area contributed by atoms with Gasteiger partial charge in [-0.15, -0.1) is 12.6 Å². The van der Waals surface area contributed by atoms with E-state index in [1.807, 2.05) is 0 Å². The van der Waals surface area contributed by atoms with Gasteiger partial charge in [-0.25, -0.2) is 0 Å². The van der Waals surface area contributed by atoms with Crippen LogP contribution in [0.1, 0.15) is 10.4 Å². The van der Waals surface area contributed by atoms with E-state index >= 15 is 0 Å². The first-order chi connectivity index (χ1) is 7.74. The summed E-state index contributed by atoms with van der Waals surface area (Å²) in [6, 6.07) is 6.96. The second-order valence-electron chi connectivity index (χ2n) is 3.14. The molecular weight excluding hydrogens is 226 g/mol. The predicted octanol–water partition coefficient (Wildman–Crippen LogP) is 0.714. The number of hydrogen-bond acceptors (Lipinski definition) is 4. The van der Waals surface area contributed by atoms with E-state index in [9.17, 15) is 4.79 Å². The largest absolute Gasteiger partial charge is 0.394 e. The van der Waals surface area contributed by atoms with Crippen molar-refractivity contribution in [3.8, 4) is 0 Å². The summed E-state index contributed by atoms with van der Waals surface area (Å²) in [7, 11) is 0. The van der Waals surface area contributed by atoms with Crippen LogP contribution in [0, 0.1) is 0 Å². The molecule has 0 saturated heterocycles. The molecule has 2 N–H and O–H groups in total. The summed E-state index contributed by atoms with van der Waals surface area (Å²) >= 11 is 4.13. The first-order valence-corrected chi connectivity index (χ1v) is 5.44. The molecule has 88 valence electrons. The van der Waals surface area contributed by atoms with Crippen LogP contribution >= 0.6 is 12.6 Å². The van der Waals surface area contributed by atoms with Crippen molar-refractivity contribution in [2.24, 2.45) is 0 Å². The standard InChI is InChI=1S/C11H15NO3S/c13-6-8-15-7-5-12-11(14)9-1-3-10(16)4-2-9/h1-4,13,16H,5-8H2,(H,12,14). The van der Waals surface area contributed by atoms with Crippen LogP contribution in [-0.4, -0.2) is 37.4 Å². The number of aliphatic hydroxyl groups excluding tert-OH is 1. The van der Waals surface area contributed by atoms with Crippen molar-refractivity contribution in [3.63, 3.8) is 0 Å². The molecule has 0 aliphatic heterocycles. The van der Waals surface area contributed by atoms with Crippen molar-refractivity contribution in [2.75, 3.05) is 26.4 Å². The Morgan fingerprint density at radius 2 is 2.00 bits per heavy atom. The van der Waals surface area contributed by atoms with Crippen LogP contribution in [0.4, 0.5) is 0 Å². The third-order valence-electron chi connectivity index (χ3n) is 1.90. The summed E-state index contributed by atoms with van der Waals surface area (Å²) < 4.78 is 5.01. The van der Waals surface area contributed by atoms with Crippen LogP contribution in [-0.2, 0) is 4.74 Å². The molecule has 1 rings (SSSR count). The van der Waals surface area contributed by atoms with Crippen molar-refractivity contribution in [3.05, 3.63) is 29.8 Å². The highest BCUT2D eigenvalue weighted by molar-refractivity contribution is 7.80. The SMILES string of the molecule is O=C(NCCOCCO)c1ccc(S)cc1. The molecule has 0 aromatic heterocycles. The molecule has 0 saturated carbocycles. The zero-order chi connectivity index (χ0) is 11.8. The summed E-state index contributed by atoms with van der Waals surface area (Å²) in [5.41, 5.74) is 0.597. The molecule has 0 atom stereocenters. The molecule has 0 aliphatic rings. The van der Waals surface area contributed by atoms with E-state index < -0.39 is 0 Å². The second-order valence-corrected chi connectivity index (χ2v) is 3.66. The molecule has 0 aliphatic carbocycles. The number of carbonyl (C=O) groups excluding carboxylic acids is 1. The second kappa shape index (κ2) is 7.27. The maximum Gasteiger partial charge on any atom is 0.251 e. The van der Waals surface area contributed by atoms with E-state index in [2.05, 4.69) is 17.9 Å². The van der Waals surface area contributed by atoms with Gasteiger partial charge in [-0.2, -0.15) is 0 Å². The molecule has 1 aromatic carbocycles. The first-order valence-electron chi connectivity index (χ1n) is 5.00. The minimum atomic E-state index is -0.138. The van der Waals surface area contributed by atoms with Gasteiger partial charge in [0.1, 0.15) is 0 Å². The van der Waals surface area contributed by atoms with Crippen LogP contribution in [0.3, 0.4) is 0 Å². The minimum Gasteiger partial charge on any atom is -0.394 e. The lowest BCUT2D eigenvalue weighted by Gasteiger charge is -2.05. The number of hydrogen-bond donors (Lipinski definition) is 3. The zero-order valence-corrected chi connectivity index (χ0v) is 9.74. The van der Waals surface area contributed by atoms with E-state index in [4.69, 9.17) is 9.84 Å². The Morgan fingerprint density at radius 3 is 2.62 bits per heavy atom. The van der Waals surface area contributed by atoms with Gasteiger partial charge in [0.2, 0.25) is 0 Å². The molecule has 16 heavy (non-hydrogen) atoms. The van der Waals surface area contributed by atoms with Crippen molar-refractivity contribution in [2.45, 2.75) is 4.90 Å². The number of nitrogens with one attached hydrogen (secondary N) is 1.